The minimum absolute atomic E-state index is 0.135. The molecule has 0 bridgehead atoms. The molecule has 3 fully saturated rings. The van der Waals surface area contributed by atoms with Gasteiger partial charge in [0, 0.05) is 11.3 Å². The number of carbonyl (C=O) groups excluding carboxylic acids is 4. The van der Waals surface area contributed by atoms with Gasteiger partial charge in [0.25, 0.3) is 0 Å². The number of rotatable bonds is 3. The van der Waals surface area contributed by atoms with Crippen molar-refractivity contribution in [3.05, 3.63) is 114 Å². The number of amides is 4. The van der Waals surface area contributed by atoms with Crippen molar-refractivity contribution < 1.29 is 24.3 Å². The predicted molar refractivity (Wildman–Crippen MR) is 161 cm³/mol. The summed E-state index contributed by atoms with van der Waals surface area (Å²) in [4.78, 5) is 58.8. The third-order valence-electron chi connectivity index (χ3n) is 9.95. The highest BCUT2D eigenvalue weighted by atomic mass is 16.3. The normalized spacial score (nSPS) is 28.1. The maximum absolute atomic E-state index is 14.3. The molecule has 2 aliphatic heterocycles. The van der Waals surface area contributed by atoms with Crippen molar-refractivity contribution in [2.24, 2.45) is 29.6 Å². The maximum atomic E-state index is 14.3. The lowest BCUT2D eigenvalue weighted by atomic mass is 9.57. The summed E-state index contributed by atoms with van der Waals surface area (Å²) in [7, 11) is 0. The molecule has 8 rings (SSSR count). The molecule has 1 saturated carbocycles. The number of para-hydroxylation sites is 2. The van der Waals surface area contributed by atoms with Gasteiger partial charge in [-0.3, -0.25) is 29.0 Å². The van der Waals surface area contributed by atoms with E-state index in [2.05, 4.69) is 6.08 Å². The summed E-state index contributed by atoms with van der Waals surface area (Å²) in [5.74, 6) is -4.19. The van der Waals surface area contributed by atoms with Crippen LogP contribution in [0, 0.1) is 29.6 Å². The number of hydrogen-bond donors (Lipinski definition) is 1. The van der Waals surface area contributed by atoms with E-state index in [1.807, 2.05) is 42.5 Å². The molecule has 2 heterocycles. The van der Waals surface area contributed by atoms with Gasteiger partial charge >= 0.3 is 0 Å². The maximum Gasteiger partial charge on any atom is 0.238 e. The van der Waals surface area contributed by atoms with Crippen LogP contribution in [-0.2, 0) is 19.2 Å². The Kier molecular flexibility index (Phi) is 5.66. The van der Waals surface area contributed by atoms with Crippen LogP contribution >= 0.6 is 0 Å². The number of benzene rings is 4. The zero-order valence-electron chi connectivity index (χ0n) is 23.2. The first-order chi connectivity index (χ1) is 21.0. The van der Waals surface area contributed by atoms with Crippen LogP contribution in [0.1, 0.15) is 24.3 Å². The predicted octanol–water partition coefficient (Wildman–Crippen LogP) is 5.59. The standard InChI is InChI=1S/C36H28N2O5/c39-29-18-17-24(22-13-7-8-14-23(22)29)30-25-15-16-26-31(35(42)37(33(26)40)20-9-3-1-4-10-20)27(25)19-28-32(30)36(43)38(34(28)41)21-11-5-2-6-12-21/h1-15,17-18,26-28,30-32,39H,16,19H2. The largest absolute Gasteiger partial charge is 0.507 e. The van der Waals surface area contributed by atoms with Crippen molar-refractivity contribution in [1.82, 2.24) is 0 Å². The average molecular weight is 569 g/mol. The van der Waals surface area contributed by atoms with Crippen LogP contribution in [0.3, 0.4) is 0 Å². The van der Waals surface area contributed by atoms with Gasteiger partial charge in [-0.1, -0.05) is 78.4 Å². The first kappa shape index (κ1) is 25.7. The summed E-state index contributed by atoms with van der Waals surface area (Å²) in [5.41, 5.74) is 2.85. The van der Waals surface area contributed by atoms with Crippen LogP contribution < -0.4 is 9.80 Å². The Balaban J connectivity index is 1.30. The highest BCUT2D eigenvalue weighted by Crippen LogP contribution is 2.59. The van der Waals surface area contributed by atoms with Crippen LogP contribution in [0.15, 0.2) is 109 Å². The Hall–Kier alpha value is -5.04. The van der Waals surface area contributed by atoms with Crippen molar-refractivity contribution in [2.45, 2.75) is 18.8 Å². The summed E-state index contributed by atoms with van der Waals surface area (Å²) in [6, 6.07) is 28.9. The molecule has 2 saturated heterocycles. The molecule has 43 heavy (non-hydrogen) atoms. The SMILES string of the molecule is O=C1C2CC=C3C(CC4C(=O)N(c5ccccc5)C(=O)C4C3c3ccc(O)c4ccccc34)C2C(=O)N1c1ccccc1. The van der Waals surface area contributed by atoms with Crippen molar-refractivity contribution in [3.63, 3.8) is 0 Å². The minimum Gasteiger partial charge on any atom is -0.507 e. The number of anilines is 2. The molecule has 6 atom stereocenters. The molecule has 4 aliphatic rings. The highest BCUT2D eigenvalue weighted by molar-refractivity contribution is 6.24. The topological polar surface area (TPSA) is 95.0 Å². The summed E-state index contributed by atoms with van der Waals surface area (Å²) >= 11 is 0. The Morgan fingerprint density at radius 2 is 1.12 bits per heavy atom. The van der Waals surface area contributed by atoms with E-state index in [4.69, 9.17) is 0 Å². The van der Waals surface area contributed by atoms with Gasteiger partial charge in [0.15, 0.2) is 0 Å². The number of nitrogens with zero attached hydrogens (tertiary/aromatic N) is 2. The number of aromatic hydroxyl groups is 1. The van der Waals surface area contributed by atoms with Gasteiger partial charge in [0.05, 0.1) is 35.0 Å². The Morgan fingerprint density at radius 1 is 0.558 bits per heavy atom. The van der Waals surface area contributed by atoms with Crippen molar-refractivity contribution in [1.29, 1.82) is 0 Å². The van der Waals surface area contributed by atoms with Crippen LogP contribution in [0.4, 0.5) is 11.4 Å². The average Bonchev–Trinajstić information content (AvgIpc) is 3.45. The first-order valence-corrected chi connectivity index (χ1v) is 14.7. The van der Waals surface area contributed by atoms with Gasteiger partial charge in [-0.25, -0.2) is 0 Å². The molecule has 0 radical (unpaired) electrons. The van der Waals surface area contributed by atoms with Gasteiger partial charge < -0.3 is 5.11 Å². The van der Waals surface area contributed by atoms with E-state index in [9.17, 15) is 24.3 Å². The van der Waals surface area contributed by atoms with Crippen LogP contribution in [0.5, 0.6) is 5.75 Å². The lowest BCUT2D eigenvalue weighted by Gasteiger charge is -2.44. The molecule has 212 valence electrons. The number of phenolic OH excluding ortho intramolecular Hbond substituents is 1. The summed E-state index contributed by atoms with van der Waals surface area (Å²) in [6.45, 7) is 0. The lowest BCUT2D eigenvalue weighted by molar-refractivity contribution is -0.126. The quantitative estimate of drug-likeness (QED) is 0.257. The molecule has 2 aliphatic carbocycles. The van der Waals surface area contributed by atoms with E-state index in [-0.39, 0.29) is 35.3 Å². The van der Waals surface area contributed by atoms with E-state index >= 15 is 0 Å². The molecule has 7 nitrogen and oxygen atoms in total. The van der Waals surface area contributed by atoms with Gasteiger partial charge in [-0.15, -0.1) is 0 Å². The fraction of sp³-hybridized carbons (Fsp3) is 0.222. The molecule has 4 aromatic rings. The second-order valence-electron chi connectivity index (χ2n) is 11.9. The number of fused-ring (bicyclic) bond motifs is 5. The molecule has 6 unspecified atom stereocenters. The fourth-order valence-electron chi connectivity index (χ4n) is 8.18. The number of hydrogen-bond acceptors (Lipinski definition) is 5. The van der Waals surface area contributed by atoms with Crippen molar-refractivity contribution in [3.8, 4) is 5.75 Å². The fourth-order valence-corrected chi connectivity index (χ4v) is 8.18. The van der Waals surface area contributed by atoms with Crippen LogP contribution in [0.2, 0.25) is 0 Å². The zero-order valence-corrected chi connectivity index (χ0v) is 23.2. The molecule has 1 N–H and O–H groups in total. The van der Waals surface area contributed by atoms with Crippen molar-refractivity contribution in [2.75, 3.05) is 9.80 Å². The van der Waals surface area contributed by atoms with E-state index in [1.165, 1.54) is 9.80 Å². The molecular weight excluding hydrogens is 540 g/mol. The summed E-state index contributed by atoms with van der Waals surface area (Å²) in [5, 5.41) is 12.1. The molecule has 0 spiro atoms. The molecular formula is C36H28N2O5. The van der Waals surface area contributed by atoms with Gasteiger partial charge in [-0.05, 0) is 60.0 Å². The molecule has 7 heteroatoms. The second-order valence-corrected chi connectivity index (χ2v) is 11.9. The van der Waals surface area contributed by atoms with Gasteiger partial charge in [0.1, 0.15) is 5.75 Å². The Morgan fingerprint density at radius 3 is 1.77 bits per heavy atom. The third-order valence-corrected chi connectivity index (χ3v) is 9.95. The Labute approximate surface area is 248 Å². The van der Waals surface area contributed by atoms with E-state index < -0.39 is 29.6 Å². The third kappa shape index (κ3) is 3.60. The zero-order chi connectivity index (χ0) is 29.4. The van der Waals surface area contributed by atoms with Crippen LogP contribution in [0.25, 0.3) is 10.8 Å². The first-order valence-electron chi connectivity index (χ1n) is 14.7. The number of carbonyl (C=O) groups is 4. The van der Waals surface area contributed by atoms with Gasteiger partial charge in [-0.2, -0.15) is 0 Å². The number of allylic oxidation sites excluding steroid dienone is 2. The lowest BCUT2D eigenvalue weighted by Crippen LogP contribution is -2.43. The minimum atomic E-state index is -0.669. The Bertz CT molecular complexity index is 1870. The molecule has 4 aromatic carbocycles. The van der Waals surface area contributed by atoms with E-state index in [0.29, 0.717) is 29.6 Å². The summed E-state index contributed by atoms with van der Waals surface area (Å²) < 4.78 is 0. The second kappa shape index (κ2) is 9.49. The monoisotopic (exact) mass is 568 g/mol. The molecule has 4 amide bonds. The highest BCUT2D eigenvalue weighted by Gasteiger charge is 2.62. The van der Waals surface area contributed by atoms with E-state index in [1.54, 1.807) is 54.6 Å². The summed E-state index contributed by atoms with van der Waals surface area (Å²) in [6.07, 6.45) is 2.76. The van der Waals surface area contributed by atoms with Crippen LogP contribution in [-0.4, -0.2) is 28.7 Å². The number of phenols is 1. The molecule has 0 aromatic heterocycles. The van der Waals surface area contributed by atoms with Gasteiger partial charge in [0.2, 0.25) is 23.6 Å². The van der Waals surface area contributed by atoms with Crippen molar-refractivity contribution >= 4 is 45.8 Å². The smallest absolute Gasteiger partial charge is 0.238 e. The number of imide groups is 2. The van der Waals surface area contributed by atoms with E-state index in [0.717, 1.165) is 16.5 Å².